The van der Waals surface area contributed by atoms with Crippen LogP contribution in [0.1, 0.15) is 32.2 Å². The lowest BCUT2D eigenvalue weighted by atomic mass is 10.1. The summed E-state index contributed by atoms with van der Waals surface area (Å²) in [4.78, 5) is 35.8. The fourth-order valence-electron chi connectivity index (χ4n) is 2.28. The van der Waals surface area contributed by atoms with Gasteiger partial charge in [0.25, 0.3) is 11.6 Å². The molecule has 0 saturated heterocycles. The van der Waals surface area contributed by atoms with E-state index in [2.05, 4.69) is 4.74 Å². The van der Waals surface area contributed by atoms with Crippen molar-refractivity contribution < 1.29 is 23.7 Å². The number of furan rings is 1. The van der Waals surface area contributed by atoms with Gasteiger partial charge < -0.3 is 14.1 Å². The molecule has 132 valence electrons. The Morgan fingerprint density at radius 1 is 1.32 bits per heavy atom. The van der Waals surface area contributed by atoms with Gasteiger partial charge in [-0.05, 0) is 25.1 Å². The third-order valence-electron chi connectivity index (χ3n) is 3.50. The smallest absolute Gasteiger partial charge is 0.341 e. The molecule has 0 fully saturated rings. The van der Waals surface area contributed by atoms with Crippen molar-refractivity contribution in [3.8, 4) is 0 Å². The molecule has 2 aromatic rings. The first-order valence-electron chi connectivity index (χ1n) is 7.11. The van der Waals surface area contributed by atoms with Gasteiger partial charge in [-0.1, -0.05) is 11.6 Å². The molecule has 9 heteroatoms. The van der Waals surface area contributed by atoms with E-state index in [1.807, 2.05) is 0 Å². The van der Waals surface area contributed by atoms with E-state index in [0.29, 0.717) is 11.5 Å². The first-order chi connectivity index (χ1) is 11.7. The van der Waals surface area contributed by atoms with Crippen LogP contribution in [0.5, 0.6) is 0 Å². The molecule has 0 saturated carbocycles. The lowest BCUT2D eigenvalue weighted by Gasteiger charge is -2.15. The highest BCUT2D eigenvalue weighted by atomic mass is 35.5. The van der Waals surface area contributed by atoms with Crippen molar-refractivity contribution in [1.82, 2.24) is 4.90 Å². The summed E-state index contributed by atoms with van der Waals surface area (Å²) < 4.78 is 10.1. The van der Waals surface area contributed by atoms with E-state index in [1.165, 1.54) is 37.3 Å². The van der Waals surface area contributed by atoms with Gasteiger partial charge in [-0.25, -0.2) is 4.79 Å². The van der Waals surface area contributed by atoms with Crippen LogP contribution in [-0.2, 0) is 11.3 Å². The predicted molar refractivity (Wildman–Crippen MR) is 88.7 cm³/mol. The number of carbonyl (C=O) groups is 2. The zero-order valence-electron chi connectivity index (χ0n) is 13.7. The summed E-state index contributed by atoms with van der Waals surface area (Å²) in [5.74, 6) is -0.405. The molecule has 8 nitrogen and oxygen atoms in total. The van der Waals surface area contributed by atoms with Crippen molar-refractivity contribution in [2.24, 2.45) is 0 Å². The SMILES string of the molecule is COC(=O)c1cc(CN(C)C(=O)c2ccc(Cl)cc2[N+](=O)[O-])oc1C. The Hall–Kier alpha value is -2.87. The molecular formula is C16H15ClN2O6. The Labute approximate surface area is 148 Å². The number of benzene rings is 1. The van der Waals surface area contributed by atoms with Gasteiger partial charge in [-0.2, -0.15) is 0 Å². The average molecular weight is 367 g/mol. The highest BCUT2D eigenvalue weighted by molar-refractivity contribution is 6.31. The maximum Gasteiger partial charge on any atom is 0.341 e. The van der Waals surface area contributed by atoms with Gasteiger partial charge in [-0.3, -0.25) is 14.9 Å². The zero-order valence-corrected chi connectivity index (χ0v) is 14.5. The lowest BCUT2D eigenvalue weighted by molar-refractivity contribution is -0.385. The Bertz CT molecular complexity index is 845. The fraction of sp³-hybridized carbons (Fsp3) is 0.250. The Morgan fingerprint density at radius 2 is 2.00 bits per heavy atom. The third kappa shape index (κ3) is 3.97. The molecule has 0 bridgehead atoms. The second-order valence-electron chi connectivity index (χ2n) is 5.25. The number of rotatable bonds is 5. The second kappa shape index (κ2) is 7.35. The second-order valence-corrected chi connectivity index (χ2v) is 5.69. The number of nitro benzene ring substituents is 1. The number of aryl methyl sites for hydroxylation is 1. The van der Waals surface area contributed by atoms with Crippen LogP contribution in [0.2, 0.25) is 5.02 Å². The molecule has 2 rings (SSSR count). The van der Waals surface area contributed by atoms with Crippen LogP contribution in [0.25, 0.3) is 0 Å². The maximum atomic E-state index is 12.5. The van der Waals surface area contributed by atoms with Gasteiger partial charge in [0.15, 0.2) is 0 Å². The summed E-state index contributed by atoms with van der Waals surface area (Å²) in [5, 5.41) is 11.3. The summed E-state index contributed by atoms with van der Waals surface area (Å²) in [6, 6.07) is 5.30. The normalized spacial score (nSPS) is 10.4. The molecule has 0 aliphatic heterocycles. The van der Waals surface area contributed by atoms with E-state index in [9.17, 15) is 19.7 Å². The topological polar surface area (TPSA) is 103 Å². The molecule has 1 heterocycles. The molecule has 1 amide bonds. The molecule has 0 N–H and O–H groups in total. The molecule has 0 atom stereocenters. The first kappa shape index (κ1) is 18.5. The van der Waals surface area contributed by atoms with E-state index in [4.69, 9.17) is 16.0 Å². The first-order valence-corrected chi connectivity index (χ1v) is 7.49. The van der Waals surface area contributed by atoms with Crippen molar-refractivity contribution in [3.05, 3.63) is 62.0 Å². The van der Waals surface area contributed by atoms with E-state index >= 15 is 0 Å². The lowest BCUT2D eigenvalue weighted by Crippen LogP contribution is -2.26. The summed E-state index contributed by atoms with van der Waals surface area (Å²) in [6.07, 6.45) is 0. The van der Waals surface area contributed by atoms with Crippen molar-refractivity contribution in [2.45, 2.75) is 13.5 Å². The number of halogens is 1. The minimum absolute atomic E-state index is 0.0243. The van der Waals surface area contributed by atoms with Crippen molar-refractivity contribution >= 4 is 29.2 Å². The van der Waals surface area contributed by atoms with E-state index < -0.39 is 16.8 Å². The van der Waals surface area contributed by atoms with Crippen LogP contribution < -0.4 is 0 Å². The van der Waals surface area contributed by atoms with Crippen molar-refractivity contribution in [1.29, 1.82) is 0 Å². The van der Waals surface area contributed by atoms with Crippen molar-refractivity contribution in [2.75, 3.05) is 14.2 Å². The quantitative estimate of drug-likeness (QED) is 0.457. The molecule has 0 spiro atoms. The van der Waals surface area contributed by atoms with E-state index in [0.717, 1.165) is 6.07 Å². The number of esters is 1. The number of nitro groups is 1. The number of nitrogens with zero attached hydrogens (tertiary/aromatic N) is 2. The van der Waals surface area contributed by atoms with Crippen LogP contribution in [-0.4, -0.2) is 35.9 Å². The predicted octanol–water partition coefficient (Wildman–Crippen LogP) is 3.21. The van der Waals surface area contributed by atoms with Gasteiger partial charge >= 0.3 is 5.97 Å². The molecule has 0 aliphatic rings. The third-order valence-corrected chi connectivity index (χ3v) is 3.74. The molecule has 0 radical (unpaired) electrons. The number of ether oxygens (including phenoxy) is 1. The number of methoxy groups -OCH3 is 1. The average Bonchev–Trinajstić information content (AvgIpc) is 2.93. The highest BCUT2D eigenvalue weighted by Gasteiger charge is 2.24. The van der Waals surface area contributed by atoms with E-state index in [1.54, 1.807) is 6.92 Å². The Morgan fingerprint density at radius 3 is 2.60 bits per heavy atom. The highest BCUT2D eigenvalue weighted by Crippen LogP contribution is 2.25. The van der Waals surface area contributed by atoms with Crippen LogP contribution in [0, 0.1) is 17.0 Å². The fourth-order valence-corrected chi connectivity index (χ4v) is 2.45. The summed E-state index contributed by atoms with van der Waals surface area (Å²) in [5.41, 5.74) is -0.209. The maximum absolute atomic E-state index is 12.5. The van der Waals surface area contributed by atoms with Crippen molar-refractivity contribution in [3.63, 3.8) is 0 Å². The van der Waals surface area contributed by atoms with Gasteiger partial charge in [0.05, 0.1) is 18.6 Å². The van der Waals surface area contributed by atoms with Gasteiger partial charge in [-0.15, -0.1) is 0 Å². The minimum Gasteiger partial charge on any atom is -0.465 e. The summed E-state index contributed by atoms with van der Waals surface area (Å²) >= 11 is 5.75. The van der Waals surface area contributed by atoms with Gasteiger partial charge in [0.1, 0.15) is 22.6 Å². The van der Waals surface area contributed by atoms with Gasteiger partial charge in [0.2, 0.25) is 0 Å². The van der Waals surface area contributed by atoms with E-state index in [-0.39, 0.29) is 28.4 Å². The van der Waals surface area contributed by atoms with Crippen LogP contribution >= 0.6 is 11.6 Å². The van der Waals surface area contributed by atoms with Crippen LogP contribution in [0.4, 0.5) is 5.69 Å². The monoisotopic (exact) mass is 366 g/mol. The number of amides is 1. The van der Waals surface area contributed by atoms with Gasteiger partial charge in [0, 0.05) is 18.1 Å². The van der Waals surface area contributed by atoms with Crippen LogP contribution in [0.3, 0.4) is 0 Å². The zero-order chi connectivity index (χ0) is 18.7. The Kier molecular flexibility index (Phi) is 5.43. The molecular weight excluding hydrogens is 352 g/mol. The Balaban J connectivity index is 2.24. The number of carbonyl (C=O) groups excluding carboxylic acids is 2. The molecule has 25 heavy (non-hydrogen) atoms. The largest absolute Gasteiger partial charge is 0.465 e. The molecule has 0 unspecified atom stereocenters. The minimum atomic E-state index is -0.667. The number of hydrogen-bond donors (Lipinski definition) is 0. The molecule has 1 aromatic heterocycles. The molecule has 1 aromatic carbocycles. The summed E-state index contributed by atoms with van der Waals surface area (Å²) in [6.45, 7) is 1.62. The molecule has 0 aliphatic carbocycles. The summed E-state index contributed by atoms with van der Waals surface area (Å²) in [7, 11) is 2.72. The van der Waals surface area contributed by atoms with Crippen LogP contribution in [0.15, 0.2) is 28.7 Å². The standard InChI is InChI=1S/C16H15ClN2O6/c1-9-13(16(21)24-3)7-11(25-9)8-18(2)15(20)12-5-4-10(17)6-14(12)19(22)23/h4-7H,8H2,1-3H3. The number of hydrogen-bond acceptors (Lipinski definition) is 6.